The maximum atomic E-state index is 15.2. The number of benzene rings is 2. The van der Waals surface area contributed by atoms with Crippen molar-refractivity contribution in [1.82, 2.24) is 20.0 Å². The predicted molar refractivity (Wildman–Crippen MR) is 159 cm³/mol. The molecule has 1 unspecified atom stereocenters. The summed E-state index contributed by atoms with van der Waals surface area (Å²) < 4.78 is 15.2. The molecule has 2 aromatic carbocycles. The zero-order chi connectivity index (χ0) is 30.4. The average molecular weight is 581 g/mol. The highest BCUT2D eigenvalue weighted by Gasteiger charge is 2.39. The number of aliphatic carboxylic acids is 1. The number of piperazine rings is 2. The Morgan fingerprint density at radius 1 is 0.952 bits per heavy atom. The Balaban J connectivity index is 1.35. The number of carbonyl (C=O) groups excluding carboxylic acids is 2. The third kappa shape index (κ3) is 7.25. The second kappa shape index (κ2) is 13.3. The lowest BCUT2D eigenvalue weighted by Gasteiger charge is -2.40. The molecule has 0 radical (unpaired) electrons. The summed E-state index contributed by atoms with van der Waals surface area (Å²) in [5.74, 6) is -2.68. The number of carboxylic acids is 1. The summed E-state index contributed by atoms with van der Waals surface area (Å²) in [6.07, 6.45) is 0.470. The van der Waals surface area contributed by atoms with Gasteiger partial charge in [-0.15, -0.1) is 0 Å². The van der Waals surface area contributed by atoms with Gasteiger partial charge in [-0.25, -0.2) is 4.39 Å². The summed E-state index contributed by atoms with van der Waals surface area (Å²) in [5.41, 5.74) is 0.439. The summed E-state index contributed by atoms with van der Waals surface area (Å²) in [7, 11) is 0. The van der Waals surface area contributed by atoms with E-state index in [9.17, 15) is 14.4 Å². The molecular weight excluding hydrogens is 539 g/mol. The molecule has 2 amide bonds. The summed E-state index contributed by atoms with van der Waals surface area (Å²) in [5, 5.41) is 20.5. The van der Waals surface area contributed by atoms with Crippen molar-refractivity contribution in [3.63, 3.8) is 0 Å². The van der Waals surface area contributed by atoms with Gasteiger partial charge in [0.05, 0.1) is 18.0 Å². The number of hydrogen-bond acceptors (Lipinski definition) is 6. The lowest BCUT2D eigenvalue weighted by atomic mass is 9.83. The van der Waals surface area contributed by atoms with Crippen molar-refractivity contribution in [2.75, 3.05) is 63.8 Å². The van der Waals surface area contributed by atoms with Crippen molar-refractivity contribution < 1.29 is 23.9 Å². The van der Waals surface area contributed by atoms with E-state index >= 15 is 4.39 Å². The van der Waals surface area contributed by atoms with Gasteiger partial charge in [0.2, 0.25) is 5.91 Å². The van der Waals surface area contributed by atoms with Crippen molar-refractivity contribution in [2.45, 2.75) is 32.7 Å². The fraction of sp³-hybridized carbons (Fsp3) is 0.484. The Bertz CT molecular complexity index is 1290. The first-order chi connectivity index (χ1) is 20.0. The third-order valence-corrected chi connectivity index (χ3v) is 8.26. The smallest absolute Gasteiger partial charge is 0.317 e. The lowest BCUT2D eigenvalue weighted by Crippen LogP contribution is -2.57. The van der Waals surface area contributed by atoms with Crippen LogP contribution in [0.1, 0.15) is 43.1 Å². The van der Waals surface area contributed by atoms with Gasteiger partial charge in [0.15, 0.2) is 0 Å². The highest BCUT2D eigenvalue weighted by molar-refractivity contribution is 5.99. The van der Waals surface area contributed by atoms with E-state index in [4.69, 9.17) is 10.5 Å². The van der Waals surface area contributed by atoms with Crippen LogP contribution in [0.3, 0.4) is 0 Å². The SMILES string of the molecule is CCC(C(=O)N1CCN(CC(=O)O)CC1)C(C)(C)NC(=O)c1ccc(C(=N)N2CCN(c3ccccc3)CC2)cc1F. The van der Waals surface area contributed by atoms with Gasteiger partial charge >= 0.3 is 5.97 Å². The maximum Gasteiger partial charge on any atom is 0.317 e. The topological polar surface area (TPSA) is 120 Å². The molecule has 10 nitrogen and oxygen atoms in total. The van der Waals surface area contributed by atoms with Crippen LogP contribution in [0.2, 0.25) is 0 Å². The summed E-state index contributed by atoms with van der Waals surface area (Å²) >= 11 is 0. The van der Waals surface area contributed by atoms with Gasteiger partial charge in [-0.3, -0.25) is 24.7 Å². The number of anilines is 1. The molecule has 42 heavy (non-hydrogen) atoms. The number of carboxylic acid groups (broad SMARTS) is 1. The minimum Gasteiger partial charge on any atom is -0.480 e. The highest BCUT2D eigenvalue weighted by Crippen LogP contribution is 2.25. The van der Waals surface area contributed by atoms with Gasteiger partial charge in [-0.05, 0) is 44.5 Å². The maximum absolute atomic E-state index is 15.2. The molecule has 0 aromatic heterocycles. The number of nitrogens with zero attached hydrogens (tertiary/aromatic N) is 4. The molecule has 1 atom stereocenters. The van der Waals surface area contributed by atoms with Gasteiger partial charge < -0.3 is 25.1 Å². The third-order valence-electron chi connectivity index (χ3n) is 8.26. The number of rotatable bonds is 9. The summed E-state index contributed by atoms with van der Waals surface area (Å²) in [4.78, 5) is 45.2. The zero-order valence-electron chi connectivity index (χ0n) is 24.6. The Morgan fingerprint density at radius 2 is 1.57 bits per heavy atom. The van der Waals surface area contributed by atoms with E-state index in [0.29, 0.717) is 51.3 Å². The second-order valence-electron chi connectivity index (χ2n) is 11.5. The number of amides is 2. The van der Waals surface area contributed by atoms with Crippen LogP contribution < -0.4 is 10.2 Å². The molecule has 11 heteroatoms. The van der Waals surface area contributed by atoms with Crippen LogP contribution in [-0.2, 0) is 9.59 Å². The largest absolute Gasteiger partial charge is 0.480 e. The zero-order valence-corrected chi connectivity index (χ0v) is 24.6. The second-order valence-corrected chi connectivity index (χ2v) is 11.5. The molecule has 0 spiro atoms. The molecule has 4 rings (SSSR count). The molecule has 2 fully saturated rings. The molecule has 2 aromatic rings. The fourth-order valence-corrected chi connectivity index (χ4v) is 5.83. The number of nitrogens with one attached hydrogen (secondary N) is 2. The van der Waals surface area contributed by atoms with Crippen LogP contribution in [-0.4, -0.2) is 108 Å². The van der Waals surface area contributed by atoms with Crippen LogP contribution >= 0.6 is 0 Å². The molecule has 2 saturated heterocycles. The monoisotopic (exact) mass is 580 g/mol. The van der Waals surface area contributed by atoms with E-state index in [-0.39, 0.29) is 23.9 Å². The normalized spacial score (nSPS) is 17.1. The van der Waals surface area contributed by atoms with Crippen LogP contribution in [0.5, 0.6) is 0 Å². The molecule has 2 heterocycles. The molecule has 2 aliphatic heterocycles. The van der Waals surface area contributed by atoms with Crippen molar-refractivity contribution >= 4 is 29.3 Å². The Kier molecular flexibility index (Phi) is 9.82. The van der Waals surface area contributed by atoms with Gasteiger partial charge in [0.1, 0.15) is 11.7 Å². The predicted octanol–water partition coefficient (Wildman–Crippen LogP) is 2.74. The first kappa shape index (κ1) is 31.0. The van der Waals surface area contributed by atoms with Crippen LogP contribution in [0.25, 0.3) is 0 Å². The molecule has 226 valence electrons. The lowest BCUT2D eigenvalue weighted by molar-refractivity contribution is -0.141. The van der Waals surface area contributed by atoms with E-state index in [1.165, 1.54) is 12.1 Å². The molecular formula is C31H41FN6O4. The number of hydrogen-bond donors (Lipinski definition) is 3. The van der Waals surface area contributed by atoms with E-state index in [0.717, 1.165) is 18.8 Å². The van der Waals surface area contributed by atoms with Crippen LogP contribution in [0, 0.1) is 17.1 Å². The number of carbonyl (C=O) groups is 3. The van der Waals surface area contributed by atoms with Crippen molar-refractivity contribution in [1.29, 1.82) is 5.41 Å². The van der Waals surface area contributed by atoms with Gasteiger partial charge in [0, 0.05) is 69.1 Å². The average Bonchev–Trinajstić information content (AvgIpc) is 2.97. The number of amidine groups is 1. The summed E-state index contributed by atoms with van der Waals surface area (Å²) in [6.45, 7) is 9.86. The van der Waals surface area contributed by atoms with Gasteiger partial charge in [0.25, 0.3) is 5.91 Å². The van der Waals surface area contributed by atoms with E-state index in [2.05, 4.69) is 22.3 Å². The Morgan fingerprint density at radius 3 is 2.14 bits per heavy atom. The summed E-state index contributed by atoms with van der Waals surface area (Å²) in [6, 6.07) is 14.3. The van der Waals surface area contributed by atoms with Crippen LogP contribution in [0.4, 0.5) is 10.1 Å². The standard InChI is InChI=1S/C31H41FN6O4/c1-4-25(30(42)38-14-12-35(13-15-38)21-27(39)40)31(2,3)34-29(41)24-11-10-22(20-26(24)32)28(33)37-18-16-36(17-19-37)23-8-6-5-7-9-23/h5-11,20,25,33H,4,12-19,21H2,1-3H3,(H,34,41)(H,39,40). The minimum atomic E-state index is -0.961. The van der Waals surface area contributed by atoms with Gasteiger partial charge in [-0.1, -0.05) is 31.2 Å². The molecule has 3 N–H and O–H groups in total. The number of para-hydroxylation sites is 1. The van der Waals surface area contributed by atoms with Crippen LogP contribution in [0.15, 0.2) is 48.5 Å². The Labute approximate surface area is 246 Å². The minimum absolute atomic E-state index is 0.0600. The molecule has 0 bridgehead atoms. The Hall–Kier alpha value is -3.99. The molecule has 0 saturated carbocycles. The molecule has 2 aliphatic rings. The van der Waals surface area contributed by atoms with E-state index < -0.39 is 29.2 Å². The fourth-order valence-electron chi connectivity index (χ4n) is 5.83. The van der Waals surface area contributed by atoms with E-state index in [1.54, 1.807) is 29.7 Å². The van der Waals surface area contributed by atoms with Crippen molar-refractivity contribution in [2.24, 2.45) is 5.92 Å². The van der Waals surface area contributed by atoms with Gasteiger partial charge in [-0.2, -0.15) is 0 Å². The van der Waals surface area contributed by atoms with E-state index in [1.807, 2.05) is 30.0 Å². The first-order valence-corrected chi connectivity index (χ1v) is 14.5. The highest BCUT2D eigenvalue weighted by atomic mass is 19.1. The quantitative estimate of drug-likeness (QED) is 0.308. The number of halogens is 1. The molecule has 0 aliphatic carbocycles. The van der Waals surface area contributed by atoms with Crippen molar-refractivity contribution in [3.8, 4) is 0 Å². The first-order valence-electron chi connectivity index (χ1n) is 14.5. The van der Waals surface area contributed by atoms with Crippen molar-refractivity contribution in [3.05, 3.63) is 65.5 Å².